The predicted molar refractivity (Wildman–Crippen MR) is 79.0 cm³/mol. The maximum absolute atomic E-state index is 13.3. The first kappa shape index (κ1) is 13.3. The average molecular weight is 283 g/mol. The standard InChI is InChI=1S/C16H14FN3O/c1-9-4-3-5-12(14(9)18)16-19-15(20-21-16)11-6-7-13(17)10(2)8-11/h3-8H,18H2,1-2H3. The minimum Gasteiger partial charge on any atom is -0.398 e. The van der Waals surface area contributed by atoms with Crippen LogP contribution in [0.15, 0.2) is 40.9 Å². The molecule has 106 valence electrons. The number of anilines is 1. The molecule has 0 aliphatic carbocycles. The molecule has 0 saturated heterocycles. The van der Waals surface area contributed by atoms with Crippen molar-refractivity contribution in [2.45, 2.75) is 13.8 Å². The van der Waals surface area contributed by atoms with Crippen molar-refractivity contribution in [1.29, 1.82) is 0 Å². The first-order chi connectivity index (χ1) is 10.1. The van der Waals surface area contributed by atoms with Crippen molar-refractivity contribution in [3.05, 3.63) is 53.3 Å². The lowest BCUT2D eigenvalue weighted by atomic mass is 10.1. The van der Waals surface area contributed by atoms with E-state index in [1.54, 1.807) is 19.1 Å². The molecule has 0 unspecified atom stereocenters. The van der Waals surface area contributed by atoms with Gasteiger partial charge in [-0.25, -0.2) is 4.39 Å². The second-order valence-electron chi connectivity index (χ2n) is 4.92. The Kier molecular flexibility index (Phi) is 3.17. The molecule has 0 saturated carbocycles. The molecule has 0 radical (unpaired) electrons. The number of nitrogens with two attached hydrogens (primary N) is 1. The molecule has 0 atom stereocenters. The van der Waals surface area contributed by atoms with E-state index < -0.39 is 0 Å². The summed E-state index contributed by atoms with van der Waals surface area (Å²) in [6.45, 7) is 3.61. The van der Waals surface area contributed by atoms with Gasteiger partial charge in [0.2, 0.25) is 5.82 Å². The van der Waals surface area contributed by atoms with E-state index in [1.807, 2.05) is 25.1 Å². The number of benzene rings is 2. The summed E-state index contributed by atoms with van der Waals surface area (Å²) in [6.07, 6.45) is 0. The minimum absolute atomic E-state index is 0.259. The summed E-state index contributed by atoms with van der Waals surface area (Å²) in [4.78, 5) is 4.34. The molecule has 4 nitrogen and oxygen atoms in total. The highest BCUT2D eigenvalue weighted by molar-refractivity contribution is 5.74. The molecular weight excluding hydrogens is 269 g/mol. The lowest BCUT2D eigenvalue weighted by Crippen LogP contribution is -1.93. The highest BCUT2D eigenvalue weighted by Crippen LogP contribution is 2.29. The van der Waals surface area contributed by atoms with Crippen LogP contribution in [-0.4, -0.2) is 10.1 Å². The zero-order valence-corrected chi connectivity index (χ0v) is 11.7. The van der Waals surface area contributed by atoms with Gasteiger partial charge in [-0.1, -0.05) is 17.3 Å². The van der Waals surface area contributed by atoms with Gasteiger partial charge in [-0.05, 0) is 49.2 Å². The second kappa shape index (κ2) is 5.01. The fourth-order valence-corrected chi connectivity index (χ4v) is 2.10. The Morgan fingerprint density at radius 3 is 2.67 bits per heavy atom. The van der Waals surface area contributed by atoms with Crippen molar-refractivity contribution in [1.82, 2.24) is 10.1 Å². The zero-order valence-electron chi connectivity index (χ0n) is 11.7. The van der Waals surface area contributed by atoms with Crippen LogP contribution >= 0.6 is 0 Å². The molecule has 0 amide bonds. The van der Waals surface area contributed by atoms with Crippen molar-refractivity contribution in [2.75, 3.05) is 5.73 Å². The van der Waals surface area contributed by atoms with E-state index in [0.29, 0.717) is 34.1 Å². The zero-order chi connectivity index (χ0) is 15.0. The third kappa shape index (κ3) is 2.38. The highest BCUT2D eigenvalue weighted by atomic mass is 19.1. The Balaban J connectivity index is 2.03. The molecule has 1 aromatic heterocycles. The van der Waals surface area contributed by atoms with Crippen LogP contribution in [0.3, 0.4) is 0 Å². The number of rotatable bonds is 2. The summed E-state index contributed by atoms with van der Waals surface area (Å²) < 4.78 is 18.6. The number of aryl methyl sites for hydroxylation is 2. The fourth-order valence-electron chi connectivity index (χ4n) is 2.10. The Bertz CT molecular complexity index is 811. The predicted octanol–water partition coefficient (Wildman–Crippen LogP) is 3.74. The first-order valence-corrected chi connectivity index (χ1v) is 6.52. The van der Waals surface area contributed by atoms with E-state index in [9.17, 15) is 4.39 Å². The summed E-state index contributed by atoms with van der Waals surface area (Å²) in [5.74, 6) is 0.507. The summed E-state index contributed by atoms with van der Waals surface area (Å²) in [6, 6.07) is 10.3. The molecule has 0 bridgehead atoms. The highest BCUT2D eigenvalue weighted by Gasteiger charge is 2.14. The maximum atomic E-state index is 13.3. The molecular formula is C16H14FN3O. The van der Waals surface area contributed by atoms with Crippen LogP contribution in [0.25, 0.3) is 22.8 Å². The third-order valence-electron chi connectivity index (χ3n) is 3.40. The molecule has 0 spiro atoms. The molecule has 0 aliphatic rings. The maximum Gasteiger partial charge on any atom is 0.260 e. The molecule has 2 aromatic carbocycles. The first-order valence-electron chi connectivity index (χ1n) is 6.52. The van der Waals surface area contributed by atoms with E-state index in [0.717, 1.165) is 5.56 Å². The molecule has 5 heteroatoms. The van der Waals surface area contributed by atoms with Crippen LogP contribution in [-0.2, 0) is 0 Å². The van der Waals surface area contributed by atoms with Crippen LogP contribution in [0.4, 0.5) is 10.1 Å². The lowest BCUT2D eigenvalue weighted by molar-refractivity contribution is 0.432. The van der Waals surface area contributed by atoms with Gasteiger partial charge in [0.25, 0.3) is 5.89 Å². The van der Waals surface area contributed by atoms with Gasteiger partial charge < -0.3 is 10.3 Å². The summed E-state index contributed by atoms with van der Waals surface area (Å²) >= 11 is 0. The molecule has 2 N–H and O–H groups in total. The van der Waals surface area contributed by atoms with Gasteiger partial charge in [-0.2, -0.15) is 4.98 Å². The van der Waals surface area contributed by atoms with Gasteiger partial charge in [0.05, 0.1) is 5.56 Å². The molecule has 0 fully saturated rings. The Labute approximate surface area is 121 Å². The second-order valence-corrected chi connectivity index (χ2v) is 4.92. The van der Waals surface area contributed by atoms with Crippen LogP contribution in [0, 0.1) is 19.7 Å². The van der Waals surface area contributed by atoms with Crippen LogP contribution in [0.1, 0.15) is 11.1 Å². The Morgan fingerprint density at radius 2 is 1.90 bits per heavy atom. The average Bonchev–Trinajstić information content (AvgIpc) is 2.94. The molecule has 3 rings (SSSR count). The van der Waals surface area contributed by atoms with Gasteiger partial charge in [0, 0.05) is 11.3 Å². The topological polar surface area (TPSA) is 64.9 Å². The Hall–Kier alpha value is -2.69. The number of halogens is 1. The molecule has 21 heavy (non-hydrogen) atoms. The number of aromatic nitrogens is 2. The number of para-hydroxylation sites is 1. The number of hydrogen-bond donors (Lipinski definition) is 1. The summed E-state index contributed by atoms with van der Waals surface area (Å²) in [5.41, 5.74) is 9.53. The third-order valence-corrected chi connectivity index (χ3v) is 3.40. The van der Waals surface area contributed by atoms with E-state index in [-0.39, 0.29) is 5.82 Å². The van der Waals surface area contributed by atoms with Crippen molar-refractivity contribution in [3.63, 3.8) is 0 Å². The van der Waals surface area contributed by atoms with E-state index in [4.69, 9.17) is 10.3 Å². The van der Waals surface area contributed by atoms with Crippen molar-refractivity contribution in [2.24, 2.45) is 0 Å². The summed E-state index contributed by atoms with van der Waals surface area (Å²) in [7, 11) is 0. The van der Waals surface area contributed by atoms with Gasteiger partial charge in [0.1, 0.15) is 5.82 Å². The SMILES string of the molecule is Cc1cc(-c2noc(-c3cccc(C)c3N)n2)ccc1F. The normalized spacial score (nSPS) is 10.8. The van der Waals surface area contributed by atoms with Gasteiger partial charge >= 0.3 is 0 Å². The lowest BCUT2D eigenvalue weighted by Gasteiger charge is -2.03. The van der Waals surface area contributed by atoms with Crippen molar-refractivity contribution in [3.8, 4) is 22.8 Å². The quantitative estimate of drug-likeness (QED) is 0.727. The van der Waals surface area contributed by atoms with Crippen LogP contribution < -0.4 is 5.73 Å². The van der Waals surface area contributed by atoms with E-state index >= 15 is 0 Å². The number of nitrogens with zero attached hydrogens (tertiary/aromatic N) is 2. The minimum atomic E-state index is -0.259. The van der Waals surface area contributed by atoms with E-state index in [1.165, 1.54) is 6.07 Å². The van der Waals surface area contributed by atoms with Crippen LogP contribution in [0.5, 0.6) is 0 Å². The summed E-state index contributed by atoms with van der Waals surface area (Å²) in [5, 5.41) is 3.94. The largest absolute Gasteiger partial charge is 0.398 e. The van der Waals surface area contributed by atoms with Gasteiger partial charge in [0.15, 0.2) is 0 Å². The number of hydrogen-bond acceptors (Lipinski definition) is 4. The van der Waals surface area contributed by atoms with Crippen molar-refractivity contribution < 1.29 is 8.91 Å². The monoisotopic (exact) mass is 283 g/mol. The smallest absolute Gasteiger partial charge is 0.260 e. The molecule has 0 aliphatic heterocycles. The van der Waals surface area contributed by atoms with Crippen molar-refractivity contribution >= 4 is 5.69 Å². The van der Waals surface area contributed by atoms with Gasteiger partial charge in [-0.15, -0.1) is 0 Å². The molecule has 3 aromatic rings. The molecule has 1 heterocycles. The van der Waals surface area contributed by atoms with Gasteiger partial charge in [-0.3, -0.25) is 0 Å². The van der Waals surface area contributed by atoms with E-state index in [2.05, 4.69) is 10.1 Å². The fraction of sp³-hybridized carbons (Fsp3) is 0.125. The van der Waals surface area contributed by atoms with Crippen LogP contribution in [0.2, 0.25) is 0 Å². The number of nitrogen functional groups attached to an aromatic ring is 1. The Morgan fingerprint density at radius 1 is 1.10 bits per heavy atom.